The fourth-order valence-electron chi connectivity index (χ4n) is 2.22. The van der Waals surface area contributed by atoms with Crippen LogP contribution in [0.4, 0.5) is 5.82 Å². The maximum atomic E-state index is 12.4. The van der Waals surface area contributed by atoms with Gasteiger partial charge in [0.25, 0.3) is 10.0 Å². The molecule has 0 radical (unpaired) electrons. The molecule has 0 aliphatic carbocycles. The largest absolute Gasteiger partial charge is 0.280 e. The third kappa shape index (κ3) is 3.65. The number of nitrogens with zero attached hydrogens (tertiary/aromatic N) is 3. The Bertz CT molecular complexity index is 913. The quantitative estimate of drug-likeness (QED) is 0.718. The maximum Gasteiger partial charge on any atom is 0.266 e. The van der Waals surface area contributed by atoms with Crippen molar-refractivity contribution < 1.29 is 8.42 Å². The Morgan fingerprint density at radius 3 is 2.67 bits per heavy atom. The molecule has 0 amide bonds. The molecule has 7 nitrogen and oxygen atoms in total. The second-order valence-corrected chi connectivity index (χ2v) is 7.51. The maximum absolute atomic E-state index is 12.4. The van der Waals surface area contributed by atoms with Gasteiger partial charge in [0.05, 0.1) is 12.7 Å². The summed E-state index contributed by atoms with van der Waals surface area (Å²) >= 11 is 0. The molecule has 0 spiro atoms. The molecule has 0 bridgehead atoms. The van der Waals surface area contributed by atoms with E-state index >= 15 is 0 Å². The van der Waals surface area contributed by atoms with Crippen molar-refractivity contribution in [3.05, 3.63) is 60.0 Å². The van der Waals surface area contributed by atoms with Crippen LogP contribution in [0.3, 0.4) is 0 Å². The summed E-state index contributed by atoms with van der Waals surface area (Å²) in [7, 11) is -3.71. The van der Waals surface area contributed by atoms with Crippen molar-refractivity contribution in [1.29, 1.82) is 0 Å². The predicted molar refractivity (Wildman–Crippen MR) is 91.3 cm³/mol. The monoisotopic (exact) mass is 345 g/mol. The van der Waals surface area contributed by atoms with Crippen molar-refractivity contribution in [2.24, 2.45) is 0 Å². The van der Waals surface area contributed by atoms with E-state index in [4.69, 9.17) is 0 Å². The number of anilines is 1. The average Bonchev–Trinajstić information content (AvgIpc) is 3.18. The van der Waals surface area contributed by atoms with Crippen LogP contribution in [-0.4, -0.2) is 28.4 Å². The van der Waals surface area contributed by atoms with E-state index in [0.29, 0.717) is 6.54 Å². The lowest BCUT2D eigenvalue weighted by Gasteiger charge is -2.03. The Morgan fingerprint density at radius 1 is 1.25 bits per heavy atom. The van der Waals surface area contributed by atoms with E-state index in [1.807, 2.05) is 44.2 Å². The zero-order valence-corrected chi connectivity index (χ0v) is 14.3. The molecule has 0 atom stereocenters. The zero-order chi connectivity index (χ0) is 17.2. The molecule has 0 saturated carbocycles. The summed E-state index contributed by atoms with van der Waals surface area (Å²) in [6.07, 6.45) is 2.84. The van der Waals surface area contributed by atoms with Crippen LogP contribution in [-0.2, 0) is 16.6 Å². The molecule has 3 rings (SSSR count). The smallest absolute Gasteiger partial charge is 0.266 e. The summed E-state index contributed by atoms with van der Waals surface area (Å²) in [5.74, 6) is 0.513. The highest BCUT2D eigenvalue weighted by atomic mass is 32.2. The fourth-order valence-corrected chi connectivity index (χ4v) is 3.17. The van der Waals surface area contributed by atoms with E-state index in [0.717, 1.165) is 11.3 Å². The van der Waals surface area contributed by atoms with Crippen molar-refractivity contribution >= 4 is 15.8 Å². The minimum atomic E-state index is -3.71. The number of aromatic amines is 1. The molecule has 2 aromatic heterocycles. The Morgan fingerprint density at radius 2 is 2.00 bits per heavy atom. The third-order valence-corrected chi connectivity index (χ3v) is 4.88. The van der Waals surface area contributed by atoms with Gasteiger partial charge in [-0.3, -0.25) is 14.5 Å². The van der Waals surface area contributed by atoms with E-state index in [9.17, 15) is 8.42 Å². The van der Waals surface area contributed by atoms with Crippen molar-refractivity contribution in [3.8, 4) is 0 Å². The predicted octanol–water partition coefficient (Wildman–Crippen LogP) is 2.58. The number of rotatable bonds is 6. The summed E-state index contributed by atoms with van der Waals surface area (Å²) < 4.78 is 28.9. The van der Waals surface area contributed by atoms with E-state index in [1.165, 1.54) is 12.4 Å². The number of hydrogen-bond acceptors (Lipinski definition) is 4. The van der Waals surface area contributed by atoms with Crippen molar-refractivity contribution in [2.75, 3.05) is 4.72 Å². The Kier molecular flexibility index (Phi) is 4.39. The van der Waals surface area contributed by atoms with Crippen molar-refractivity contribution in [1.82, 2.24) is 20.0 Å². The topological polar surface area (TPSA) is 92.7 Å². The first-order chi connectivity index (χ1) is 11.4. The number of aromatic nitrogens is 4. The van der Waals surface area contributed by atoms with Crippen LogP contribution < -0.4 is 4.72 Å². The van der Waals surface area contributed by atoms with Crippen LogP contribution in [0.2, 0.25) is 0 Å². The summed E-state index contributed by atoms with van der Waals surface area (Å²) in [5.41, 5.74) is 1.92. The molecule has 0 saturated heterocycles. The van der Waals surface area contributed by atoms with Gasteiger partial charge in [-0.2, -0.15) is 10.2 Å². The second kappa shape index (κ2) is 6.48. The van der Waals surface area contributed by atoms with E-state index < -0.39 is 10.0 Å². The van der Waals surface area contributed by atoms with Gasteiger partial charge < -0.3 is 0 Å². The SMILES string of the molecule is CC(C)c1cc(NS(=O)(=O)c2cnn(Cc3ccccc3)c2)n[nH]1. The molecule has 2 N–H and O–H groups in total. The van der Waals surface area contributed by atoms with E-state index in [1.54, 1.807) is 10.7 Å². The Labute approximate surface area is 140 Å². The van der Waals surface area contributed by atoms with Gasteiger partial charge in [-0.05, 0) is 11.5 Å². The van der Waals surface area contributed by atoms with Gasteiger partial charge in [0.1, 0.15) is 4.90 Å². The number of nitrogens with one attached hydrogen (secondary N) is 2. The highest BCUT2D eigenvalue weighted by molar-refractivity contribution is 7.92. The van der Waals surface area contributed by atoms with Gasteiger partial charge in [-0.15, -0.1) is 0 Å². The molecular weight excluding hydrogens is 326 g/mol. The number of benzene rings is 1. The first-order valence-corrected chi connectivity index (χ1v) is 9.07. The molecular formula is C16H19N5O2S. The van der Waals surface area contributed by atoms with Crippen LogP contribution >= 0.6 is 0 Å². The first-order valence-electron chi connectivity index (χ1n) is 7.58. The van der Waals surface area contributed by atoms with Crippen LogP contribution in [0.1, 0.15) is 31.0 Å². The molecule has 3 aromatic rings. The second-order valence-electron chi connectivity index (χ2n) is 5.83. The summed E-state index contributed by atoms with van der Waals surface area (Å²) in [4.78, 5) is 0.104. The van der Waals surface area contributed by atoms with Crippen LogP contribution in [0.15, 0.2) is 53.7 Å². The lowest BCUT2D eigenvalue weighted by molar-refractivity contribution is 0.600. The summed E-state index contributed by atoms with van der Waals surface area (Å²) in [5, 5.41) is 10.9. The molecule has 1 aromatic carbocycles. The zero-order valence-electron chi connectivity index (χ0n) is 13.5. The standard InChI is InChI=1S/C16H19N5O2S/c1-12(2)15-8-16(19-18-15)20-24(22,23)14-9-17-21(11-14)10-13-6-4-3-5-7-13/h3-9,11-12H,10H2,1-2H3,(H2,18,19,20). The number of hydrogen-bond donors (Lipinski definition) is 2. The highest BCUT2D eigenvalue weighted by Gasteiger charge is 2.18. The van der Waals surface area contributed by atoms with Crippen molar-refractivity contribution in [3.63, 3.8) is 0 Å². The summed E-state index contributed by atoms with van der Waals surface area (Å²) in [6, 6.07) is 11.4. The molecule has 8 heteroatoms. The fraction of sp³-hybridized carbons (Fsp3) is 0.250. The summed E-state index contributed by atoms with van der Waals surface area (Å²) in [6.45, 7) is 4.51. The molecule has 126 valence electrons. The van der Waals surface area contributed by atoms with Gasteiger partial charge in [-0.1, -0.05) is 44.2 Å². The van der Waals surface area contributed by atoms with Crippen LogP contribution in [0.5, 0.6) is 0 Å². The molecule has 0 aliphatic rings. The average molecular weight is 345 g/mol. The van der Waals surface area contributed by atoms with Gasteiger partial charge in [0.2, 0.25) is 0 Å². The molecule has 0 fully saturated rings. The minimum absolute atomic E-state index is 0.104. The van der Waals surface area contributed by atoms with E-state index in [2.05, 4.69) is 20.0 Å². The first kappa shape index (κ1) is 16.3. The Hall–Kier alpha value is -2.61. The van der Waals surface area contributed by atoms with Gasteiger partial charge in [-0.25, -0.2) is 8.42 Å². The van der Waals surface area contributed by atoms with Gasteiger partial charge >= 0.3 is 0 Å². The normalized spacial score (nSPS) is 11.8. The number of H-pyrrole nitrogens is 1. The van der Waals surface area contributed by atoms with E-state index in [-0.39, 0.29) is 16.6 Å². The van der Waals surface area contributed by atoms with Crippen molar-refractivity contribution in [2.45, 2.75) is 31.2 Å². The van der Waals surface area contributed by atoms with Gasteiger partial charge in [0, 0.05) is 18.0 Å². The molecule has 0 unspecified atom stereocenters. The van der Waals surface area contributed by atoms with Gasteiger partial charge in [0.15, 0.2) is 5.82 Å². The van der Waals surface area contributed by atoms with Crippen LogP contribution in [0, 0.1) is 0 Å². The number of sulfonamides is 1. The highest BCUT2D eigenvalue weighted by Crippen LogP contribution is 2.18. The lowest BCUT2D eigenvalue weighted by Crippen LogP contribution is -2.12. The lowest BCUT2D eigenvalue weighted by atomic mass is 10.1. The molecule has 2 heterocycles. The minimum Gasteiger partial charge on any atom is -0.280 e. The third-order valence-electron chi connectivity index (χ3n) is 3.57. The molecule has 0 aliphatic heterocycles. The molecule has 24 heavy (non-hydrogen) atoms. The van der Waals surface area contributed by atoms with Crippen LogP contribution in [0.25, 0.3) is 0 Å². The Balaban J connectivity index is 1.75.